The van der Waals surface area contributed by atoms with Crippen molar-refractivity contribution in [3.63, 3.8) is 0 Å². The van der Waals surface area contributed by atoms with E-state index in [4.69, 9.17) is 0 Å². The van der Waals surface area contributed by atoms with Gasteiger partial charge in [-0.1, -0.05) is 64.8 Å². The number of hydrogen-bond donors (Lipinski definition) is 0. The van der Waals surface area contributed by atoms with Gasteiger partial charge in [-0.15, -0.1) is 0 Å². The monoisotopic (exact) mass is 414 g/mol. The summed E-state index contributed by atoms with van der Waals surface area (Å²) < 4.78 is 26.5. The van der Waals surface area contributed by atoms with E-state index in [0.29, 0.717) is 11.3 Å². The number of sulfone groups is 1. The highest BCUT2D eigenvalue weighted by atomic mass is 32.2. The molecule has 0 saturated heterocycles. The molecule has 0 aliphatic heterocycles. The lowest BCUT2D eigenvalue weighted by Crippen LogP contribution is -2.19. The third-order valence-electron chi connectivity index (χ3n) is 4.82. The predicted octanol–water partition coefficient (Wildman–Crippen LogP) is 7.60. The van der Waals surface area contributed by atoms with Crippen LogP contribution in [-0.4, -0.2) is 13.7 Å². The van der Waals surface area contributed by atoms with Gasteiger partial charge in [0.1, 0.15) is 0 Å². The molecular weight excluding hydrogens is 376 g/mol. The van der Waals surface area contributed by atoms with E-state index in [1.807, 2.05) is 19.1 Å². The summed E-state index contributed by atoms with van der Waals surface area (Å²) in [7, 11) is -3.42. The largest absolute Gasteiger partial charge is 0.223 e. The Morgan fingerprint density at radius 1 is 0.793 bits per heavy atom. The Labute approximate surface area is 179 Å². The molecule has 0 amide bonds. The SMILES string of the molecule is CC(C)=CCC/C(C)=C/CC(/C=C(\C)CCC=C(C)C)S(=O)(=O)c1ccccc1. The van der Waals surface area contributed by atoms with Gasteiger partial charge in [-0.3, -0.25) is 0 Å². The summed E-state index contributed by atoms with van der Waals surface area (Å²) in [5.41, 5.74) is 4.98. The Hall–Kier alpha value is -1.87. The zero-order chi connectivity index (χ0) is 21.9. The Bertz CT molecular complexity index is 845. The average molecular weight is 415 g/mol. The topological polar surface area (TPSA) is 34.1 Å². The van der Waals surface area contributed by atoms with E-state index in [0.717, 1.165) is 31.3 Å². The van der Waals surface area contributed by atoms with E-state index in [2.05, 4.69) is 52.8 Å². The number of rotatable bonds is 11. The molecule has 0 saturated carbocycles. The standard InChI is InChI=1S/C26H38O2S/c1-21(2)12-10-14-23(5)18-19-26(20-24(6)15-11-13-22(3)4)29(27,28)25-16-8-7-9-17-25/h7-9,12-13,16-18,20,26H,10-11,14-15,19H2,1-6H3/b23-18+,24-20+. The second-order valence-corrected chi connectivity index (χ2v) is 10.5. The van der Waals surface area contributed by atoms with Gasteiger partial charge < -0.3 is 0 Å². The van der Waals surface area contributed by atoms with Gasteiger partial charge in [0.15, 0.2) is 9.84 Å². The van der Waals surface area contributed by atoms with Crippen LogP contribution in [-0.2, 0) is 9.84 Å². The van der Waals surface area contributed by atoms with Crippen LogP contribution in [0.1, 0.15) is 73.6 Å². The molecule has 0 fully saturated rings. The molecule has 0 spiro atoms. The van der Waals surface area contributed by atoms with Crippen molar-refractivity contribution in [1.82, 2.24) is 0 Å². The molecule has 1 aromatic rings. The number of allylic oxidation sites excluding steroid dienone is 7. The average Bonchev–Trinajstić information content (AvgIpc) is 2.65. The van der Waals surface area contributed by atoms with Crippen molar-refractivity contribution >= 4 is 9.84 Å². The summed E-state index contributed by atoms with van der Waals surface area (Å²) in [6.45, 7) is 12.5. The fourth-order valence-electron chi connectivity index (χ4n) is 3.07. The smallest absolute Gasteiger partial charge is 0.185 e. The van der Waals surface area contributed by atoms with E-state index in [9.17, 15) is 8.42 Å². The number of benzene rings is 1. The second kappa shape index (κ2) is 12.6. The van der Waals surface area contributed by atoms with Crippen LogP contribution < -0.4 is 0 Å². The third kappa shape index (κ3) is 9.94. The van der Waals surface area contributed by atoms with Crippen LogP contribution in [0.25, 0.3) is 0 Å². The minimum Gasteiger partial charge on any atom is -0.223 e. The fraction of sp³-hybridized carbons (Fsp3) is 0.462. The third-order valence-corrected chi connectivity index (χ3v) is 6.88. The Balaban J connectivity index is 3.05. The second-order valence-electron chi connectivity index (χ2n) is 8.34. The Morgan fingerprint density at radius 2 is 1.31 bits per heavy atom. The summed E-state index contributed by atoms with van der Waals surface area (Å²) in [6.07, 6.45) is 12.8. The zero-order valence-electron chi connectivity index (χ0n) is 19.0. The Morgan fingerprint density at radius 3 is 1.83 bits per heavy atom. The van der Waals surface area contributed by atoms with Gasteiger partial charge in [-0.05, 0) is 85.8 Å². The van der Waals surface area contributed by atoms with E-state index in [-0.39, 0.29) is 0 Å². The van der Waals surface area contributed by atoms with Crippen LogP contribution in [0.5, 0.6) is 0 Å². The summed E-state index contributed by atoms with van der Waals surface area (Å²) in [4.78, 5) is 0.397. The van der Waals surface area contributed by atoms with Crippen LogP contribution in [0.4, 0.5) is 0 Å². The first-order chi connectivity index (χ1) is 13.6. The van der Waals surface area contributed by atoms with E-state index in [1.165, 1.54) is 16.7 Å². The molecule has 0 radical (unpaired) electrons. The lowest BCUT2D eigenvalue weighted by Gasteiger charge is -2.15. The van der Waals surface area contributed by atoms with Crippen LogP contribution in [0.3, 0.4) is 0 Å². The minimum absolute atomic E-state index is 0.397. The van der Waals surface area contributed by atoms with Crippen LogP contribution in [0.2, 0.25) is 0 Å². The van der Waals surface area contributed by atoms with E-state index >= 15 is 0 Å². The summed E-state index contributed by atoms with van der Waals surface area (Å²) in [6, 6.07) is 8.81. The van der Waals surface area contributed by atoms with Crippen molar-refractivity contribution in [2.45, 2.75) is 83.8 Å². The molecule has 0 aliphatic rings. The van der Waals surface area contributed by atoms with E-state index in [1.54, 1.807) is 24.3 Å². The number of hydrogen-bond acceptors (Lipinski definition) is 2. The van der Waals surface area contributed by atoms with Crippen molar-refractivity contribution in [2.24, 2.45) is 0 Å². The van der Waals surface area contributed by atoms with Crippen molar-refractivity contribution in [3.8, 4) is 0 Å². The molecule has 0 bridgehead atoms. The molecule has 29 heavy (non-hydrogen) atoms. The first-order valence-electron chi connectivity index (χ1n) is 10.5. The first-order valence-corrected chi connectivity index (χ1v) is 12.1. The lowest BCUT2D eigenvalue weighted by molar-refractivity contribution is 0.588. The molecule has 0 N–H and O–H groups in total. The maximum atomic E-state index is 13.3. The molecule has 1 atom stereocenters. The van der Waals surface area contributed by atoms with Gasteiger partial charge in [0, 0.05) is 0 Å². The van der Waals surface area contributed by atoms with Crippen molar-refractivity contribution in [1.29, 1.82) is 0 Å². The summed E-state index contributed by atoms with van der Waals surface area (Å²) in [5.74, 6) is 0. The molecule has 0 aliphatic carbocycles. The minimum atomic E-state index is -3.42. The van der Waals surface area contributed by atoms with Crippen molar-refractivity contribution in [2.75, 3.05) is 0 Å². The summed E-state index contributed by atoms with van der Waals surface area (Å²) >= 11 is 0. The highest BCUT2D eigenvalue weighted by Crippen LogP contribution is 2.23. The van der Waals surface area contributed by atoms with Crippen molar-refractivity contribution in [3.05, 3.63) is 76.9 Å². The lowest BCUT2D eigenvalue weighted by atomic mass is 10.1. The molecule has 0 heterocycles. The maximum Gasteiger partial charge on any atom is 0.185 e. The van der Waals surface area contributed by atoms with Crippen molar-refractivity contribution < 1.29 is 8.42 Å². The van der Waals surface area contributed by atoms with E-state index < -0.39 is 15.1 Å². The van der Waals surface area contributed by atoms with Gasteiger partial charge in [0.05, 0.1) is 10.1 Å². The highest BCUT2D eigenvalue weighted by molar-refractivity contribution is 7.92. The maximum absolute atomic E-state index is 13.3. The molecule has 2 nitrogen and oxygen atoms in total. The van der Waals surface area contributed by atoms with Crippen LogP contribution in [0.15, 0.2) is 81.8 Å². The highest BCUT2D eigenvalue weighted by Gasteiger charge is 2.24. The molecule has 1 aromatic carbocycles. The van der Waals surface area contributed by atoms with Crippen LogP contribution >= 0.6 is 0 Å². The quantitative estimate of drug-likeness (QED) is 0.349. The molecule has 1 rings (SSSR count). The molecule has 1 unspecified atom stereocenters. The molecule has 0 aromatic heterocycles. The van der Waals surface area contributed by atoms with Gasteiger partial charge >= 0.3 is 0 Å². The van der Waals surface area contributed by atoms with Gasteiger partial charge in [-0.25, -0.2) is 8.42 Å². The first kappa shape index (κ1) is 25.2. The Kier molecular flexibility index (Phi) is 11.0. The molecular formula is C26H38O2S. The zero-order valence-corrected chi connectivity index (χ0v) is 19.9. The fourth-order valence-corrected chi connectivity index (χ4v) is 4.71. The predicted molar refractivity (Wildman–Crippen MR) is 127 cm³/mol. The van der Waals surface area contributed by atoms with Gasteiger partial charge in [0.25, 0.3) is 0 Å². The summed E-state index contributed by atoms with van der Waals surface area (Å²) in [5, 5.41) is -0.532. The molecule has 3 heteroatoms. The molecule has 160 valence electrons. The van der Waals surface area contributed by atoms with Gasteiger partial charge in [0.2, 0.25) is 0 Å². The van der Waals surface area contributed by atoms with Gasteiger partial charge in [-0.2, -0.15) is 0 Å². The van der Waals surface area contributed by atoms with Crippen LogP contribution in [0, 0.1) is 0 Å². The normalized spacial score (nSPS) is 13.7.